The number of nitrogens with one attached hydrogen (secondary N) is 1. The summed E-state index contributed by atoms with van der Waals surface area (Å²) in [6, 6.07) is 7.88. The molecule has 0 unspecified atom stereocenters. The second-order valence-corrected chi connectivity index (χ2v) is 8.27. The minimum atomic E-state index is -0.0157. The number of nitrogens with two attached hydrogens (primary N) is 1. The molecule has 3 rings (SSSR count). The first-order valence-electron chi connectivity index (χ1n) is 10.5. The van der Waals surface area contributed by atoms with Crippen molar-refractivity contribution >= 4 is 29.9 Å². The molecule has 1 saturated carbocycles. The van der Waals surface area contributed by atoms with Crippen LogP contribution >= 0.6 is 12.4 Å². The average Bonchev–Trinajstić information content (AvgIpc) is 3.23. The third-order valence-electron chi connectivity index (χ3n) is 6.21. The van der Waals surface area contributed by atoms with Gasteiger partial charge in [-0.15, -0.1) is 12.4 Å². The molecule has 0 bridgehead atoms. The van der Waals surface area contributed by atoms with E-state index in [0.29, 0.717) is 19.4 Å². The van der Waals surface area contributed by atoms with Crippen LogP contribution in [-0.2, 0) is 16.0 Å². The molecule has 0 radical (unpaired) electrons. The Labute approximate surface area is 174 Å². The van der Waals surface area contributed by atoms with Gasteiger partial charge in [0.15, 0.2) is 0 Å². The number of rotatable bonds is 7. The molecular formula is C22H34ClN3O2. The predicted octanol–water partition coefficient (Wildman–Crippen LogP) is 3.90. The number of hydrogen-bond acceptors (Lipinski definition) is 3. The number of amides is 2. The van der Waals surface area contributed by atoms with E-state index in [2.05, 4.69) is 5.32 Å². The van der Waals surface area contributed by atoms with Crippen molar-refractivity contribution in [3.8, 4) is 0 Å². The van der Waals surface area contributed by atoms with Gasteiger partial charge in [0.05, 0.1) is 0 Å². The number of aryl methyl sites for hydroxylation is 1. The first kappa shape index (κ1) is 22.7. The average molecular weight is 408 g/mol. The molecule has 0 spiro atoms. The highest BCUT2D eigenvalue weighted by molar-refractivity contribution is 5.91. The van der Waals surface area contributed by atoms with Crippen molar-refractivity contribution in [1.29, 1.82) is 0 Å². The fraction of sp³-hybridized carbons (Fsp3) is 0.636. The van der Waals surface area contributed by atoms with Gasteiger partial charge in [0.2, 0.25) is 11.8 Å². The third-order valence-corrected chi connectivity index (χ3v) is 6.21. The molecule has 156 valence electrons. The maximum absolute atomic E-state index is 12.5. The van der Waals surface area contributed by atoms with Crippen LogP contribution in [0.2, 0.25) is 0 Å². The number of carbonyl (C=O) groups is 2. The summed E-state index contributed by atoms with van der Waals surface area (Å²) in [7, 11) is 0. The molecular weight excluding hydrogens is 374 g/mol. The number of carbonyl (C=O) groups excluding carboxylic acids is 2. The fourth-order valence-electron chi connectivity index (χ4n) is 4.43. The van der Waals surface area contributed by atoms with Crippen molar-refractivity contribution in [3.05, 3.63) is 29.8 Å². The highest BCUT2D eigenvalue weighted by Crippen LogP contribution is 2.38. The summed E-state index contributed by atoms with van der Waals surface area (Å²) < 4.78 is 0. The Bertz CT molecular complexity index is 636. The van der Waals surface area contributed by atoms with Gasteiger partial charge >= 0.3 is 0 Å². The molecule has 1 saturated heterocycles. The Morgan fingerprint density at radius 2 is 1.64 bits per heavy atom. The zero-order chi connectivity index (χ0) is 19.1. The molecule has 2 amide bonds. The van der Waals surface area contributed by atoms with Gasteiger partial charge in [0, 0.05) is 31.6 Å². The third kappa shape index (κ3) is 6.21. The van der Waals surface area contributed by atoms with Crippen LogP contribution in [0.1, 0.15) is 63.4 Å². The van der Waals surface area contributed by atoms with Crippen molar-refractivity contribution in [2.75, 3.05) is 25.0 Å². The number of likely N-dealkylation sites (tertiary alicyclic amines) is 1. The lowest BCUT2D eigenvalue weighted by atomic mass is 9.71. The first-order valence-corrected chi connectivity index (χ1v) is 10.5. The molecule has 28 heavy (non-hydrogen) atoms. The summed E-state index contributed by atoms with van der Waals surface area (Å²) >= 11 is 0. The second kappa shape index (κ2) is 10.8. The van der Waals surface area contributed by atoms with E-state index in [9.17, 15) is 9.59 Å². The lowest BCUT2D eigenvalue weighted by molar-refractivity contribution is -0.130. The highest BCUT2D eigenvalue weighted by Gasteiger charge is 2.32. The summed E-state index contributed by atoms with van der Waals surface area (Å²) in [6.07, 6.45) is 9.80. The summed E-state index contributed by atoms with van der Waals surface area (Å²) in [5.41, 5.74) is 7.92. The lowest BCUT2D eigenvalue weighted by Crippen LogP contribution is -2.36. The van der Waals surface area contributed by atoms with Crippen molar-refractivity contribution in [2.45, 2.75) is 64.2 Å². The predicted molar refractivity (Wildman–Crippen MR) is 116 cm³/mol. The van der Waals surface area contributed by atoms with Gasteiger partial charge in [-0.2, -0.15) is 0 Å². The van der Waals surface area contributed by atoms with Crippen LogP contribution in [0.5, 0.6) is 0 Å². The lowest BCUT2D eigenvalue weighted by Gasteiger charge is -2.35. The second-order valence-electron chi connectivity index (χ2n) is 8.27. The van der Waals surface area contributed by atoms with Crippen LogP contribution < -0.4 is 11.1 Å². The Kier molecular flexibility index (Phi) is 8.77. The maximum Gasteiger partial charge on any atom is 0.224 e. The molecule has 3 N–H and O–H groups in total. The van der Waals surface area contributed by atoms with Crippen LogP contribution in [-0.4, -0.2) is 36.3 Å². The summed E-state index contributed by atoms with van der Waals surface area (Å²) in [5.74, 6) is 0.309. The normalized spacial score (nSPS) is 18.4. The Morgan fingerprint density at radius 3 is 2.25 bits per heavy atom. The molecule has 2 fully saturated rings. The molecule has 1 aromatic carbocycles. The fourth-order valence-corrected chi connectivity index (χ4v) is 4.43. The van der Waals surface area contributed by atoms with Crippen molar-refractivity contribution in [3.63, 3.8) is 0 Å². The van der Waals surface area contributed by atoms with Crippen molar-refractivity contribution in [1.82, 2.24) is 4.90 Å². The monoisotopic (exact) mass is 407 g/mol. The Morgan fingerprint density at radius 1 is 1.00 bits per heavy atom. The number of anilines is 1. The van der Waals surface area contributed by atoms with E-state index in [1.165, 1.54) is 19.3 Å². The van der Waals surface area contributed by atoms with Gasteiger partial charge < -0.3 is 16.0 Å². The van der Waals surface area contributed by atoms with Crippen LogP contribution in [0.15, 0.2) is 24.3 Å². The van der Waals surface area contributed by atoms with E-state index in [1.54, 1.807) is 0 Å². The van der Waals surface area contributed by atoms with E-state index in [-0.39, 0.29) is 29.6 Å². The maximum atomic E-state index is 12.5. The molecule has 1 heterocycles. The molecule has 0 aromatic heterocycles. The summed E-state index contributed by atoms with van der Waals surface area (Å²) in [6.45, 7) is 2.41. The number of halogens is 1. The minimum absolute atomic E-state index is 0. The largest absolute Gasteiger partial charge is 0.343 e. The number of hydrogen-bond donors (Lipinski definition) is 2. The van der Waals surface area contributed by atoms with Gasteiger partial charge in [0.25, 0.3) is 0 Å². The molecule has 0 atom stereocenters. The SMILES string of the molecule is Cl.NCC1(CC(=O)Nc2ccc(CCC(=O)N3CCCC3)cc2)CCCCC1. The van der Waals surface area contributed by atoms with Crippen LogP contribution in [0, 0.1) is 5.41 Å². The van der Waals surface area contributed by atoms with Crippen LogP contribution in [0.3, 0.4) is 0 Å². The molecule has 6 heteroatoms. The van der Waals surface area contributed by atoms with Crippen LogP contribution in [0.4, 0.5) is 5.69 Å². The Hall–Kier alpha value is -1.59. The minimum Gasteiger partial charge on any atom is -0.343 e. The van der Waals surface area contributed by atoms with E-state index < -0.39 is 0 Å². The van der Waals surface area contributed by atoms with Crippen molar-refractivity contribution < 1.29 is 9.59 Å². The summed E-state index contributed by atoms with van der Waals surface area (Å²) in [5, 5.41) is 3.02. The number of nitrogens with zero attached hydrogens (tertiary/aromatic N) is 1. The smallest absolute Gasteiger partial charge is 0.224 e. The summed E-state index contributed by atoms with van der Waals surface area (Å²) in [4.78, 5) is 26.6. The van der Waals surface area contributed by atoms with E-state index in [4.69, 9.17) is 5.73 Å². The van der Waals surface area contributed by atoms with Gasteiger partial charge in [0.1, 0.15) is 0 Å². The molecule has 1 aromatic rings. The highest BCUT2D eigenvalue weighted by atomic mass is 35.5. The van der Waals surface area contributed by atoms with E-state index >= 15 is 0 Å². The first-order chi connectivity index (χ1) is 13.1. The molecule has 2 aliphatic rings. The van der Waals surface area contributed by atoms with E-state index in [1.807, 2.05) is 29.2 Å². The van der Waals surface area contributed by atoms with Gasteiger partial charge in [-0.05, 0) is 61.8 Å². The zero-order valence-electron chi connectivity index (χ0n) is 16.8. The quantitative estimate of drug-likeness (QED) is 0.719. The zero-order valence-corrected chi connectivity index (χ0v) is 17.6. The molecule has 1 aliphatic carbocycles. The molecule has 5 nitrogen and oxygen atoms in total. The molecule has 1 aliphatic heterocycles. The standard InChI is InChI=1S/C22H33N3O2.ClH/c23-17-22(12-2-1-3-13-22)16-20(26)24-19-9-6-18(7-10-19)8-11-21(27)25-14-4-5-15-25;/h6-7,9-10H,1-5,8,11-17,23H2,(H,24,26);1H. The topological polar surface area (TPSA) is 75.4 Å². The van der Waals surface area contributed by atoms with Gasteiger partial charge in [-0.3, -0.25) is 9.59 Å². The Balaban J connectivity index is 0.00000280. The number of benzene rings is 1. The van der Waals surface area contributed by atoms with Gasteiger partial charge in [-0.1, -0.05) is 31.4 Å². The van der Waals surface area contributed by atoms with Crippen LogP contribution in [0.25, 0.3) is 0 Å². The van der Waals surface area contributed by atoms with E-state index in [0.717, 1.165) is 56.4 Å². The van der Waals surface area contributed by atoms with Crippen molar-refractivity contribution in [2.24, 2.45) is 11.1 Å². The van der Waals surface area contributed by atoms with Gasteiger partial charge in [-0.25, -0.2) is 0 Å².